The fourth-order valence-corrected chi connectivity index (χ4v) is 5.51. The number of carbonyl (C=O) groups excluding carboxylic acids is 2. The summed E-state index contributed by atoms with van der Waals surface area (Å²) >= 11 is 1.51. The van der Waals surface area contributed by atoms with E-state index in [0.29, 0.717) is 5.69 Å². The fourth-order valence-electron chi connectivity index (χ4n) is 3.69. The molecule has 3 rings (SSSR count). The molecule has 0 aliphatic carbocycles. The third-order valence-electron chi connectivity index (χ3n) is 5.86. The molecule has 0 radical (unpaired) electrons. The number of hydrogen-bond acceptors (Lipinski definition) is 5. The summed E-state index contributed by atoms with van der Waals surface area (Å²) in [4.78, 5) is 28.6. The SMILES string of the molecule is CNC(=O)[C@H](C)N(Cc1ccccc1)C(=O)CN(c1ccc(C)cc1)S(=O)(=O)c1ccc(SC)cc1. The van der Waals surface area contributed by atoms with Crippen LogP contribution in [0, 0.1) is 6.92 Å². The lowest BCUT2D eigenvalue weighted by Crippen LogP contribution is -2.50. The van der Waals surface area contributed by atoms with E-state index in [1.165, 1.54) is 23.7 Å². The van der Waals surface area contributed by atoms with Gasteiger partial charge in [0.15, 0.2) is 0 Å². The molecule has 0 aromatic heterocycles. The lowest BCUT2D eigenvalue weighted by atomic mass is 10.1. The van der Waals surface area contributed by atoms with Crippen molar-refractivity contribution in [2.24, 2.45) is 0 Å². The molecule has 1 atom stereocenters. The summed E-state index contributed by atoms with van der Waals surface area (Å²) in [6.07, 6.45) is 1.91. The minimum atomic E-state index is -4.07. The van der Waals surface area contributed by atoms with Crippen LogP contribution >= 0.6 is 11.8 Å². The number of aryl methyl sites for hydroxylation is 1. The number of anilines is 1. The maximum atomic E-state index is 13.8. The summed E-state index contributed by atoms with van der Waals surface area (Å²) < 4.78 is 28.6. The number of benzene rings is 3. The molecule has 0 aliphatic heterocycles. The van der Waals surface area contributed by atoms with E-state index in [2.05, 4.69) is 5.32 Å². The second-order valence-electron chi connectivity index (χ2n) is 8.32. The van der Waals surface area contributed by atoms with Gasteiger partial charge in [0, 0.05) is 18.5 Å². The van der Waals surface area contributed by atoms with Crippen molar-refractivity contribution >= 4 is 39.3 Å². The van der Waals surface area contributed by atoms with Crippen LogP contribution in [-0.2, 0) is 26.2 Å². The Morgan fingerprint density at radius 1 is 0.944 bits per heavy atom. The summed E-state index contributed by atoms with van der Waals surface area (Å²) in [5.41, 5.74) is 2.17. The highest BCUT2D eigenvalue weighted by atomic mass is 32.2. The molecule has 36 heavy (non-hydrogen) atoms. The molecular formula is C27H31N3O4S2. The first kappa shape index (κ1) is 27.3. The van der Waals surface area contributed by atoms with E-state index >= 15 is 0 Å². The Balaban J connectivity index is 2.01. The second kappa shape index (κ2) is 12.1. The van der Waals surface area contributed by atoms with Gasteiger partial charge in [-0.2, -0.15) is 0 Å². The number of thioether (sulfide) groups is 1. The zero-order valence-corrected chi connectivity index (χ0v) is 22.5. The Labute approximate surface area is 217 Å². The highest BCUT2D eigenvalue weighted by Gasteiger charge is 2.32. The molecule has 7 nitrogen and oxygen atoms in total. The first-order chi connectivity index (χ1) is 17.2. The zero-order valence-electron chi connectivity index (χ0n) is 20.8. The largest absolute Gasteiger partial charge is 0.357 e. The predicted molar refractivity (Wildman–Crippen MR) is 144 cm³/mol. The average molecular weight is 526 g/mol. The number of likely N-dealkylation sites (N-methyl/N-ethyl adjacent to an activating group) is 1. The van der Waals surface area contributed by atoms with Crippen LogP contribution in [-0.4, -0.2) is 51.0 Å². The minimum Gasteiger partial charge on any atom is -0.357 e. The van der Waals surface area contributed by atoms with Crippen molar-refractivity contribution in [2.75, 3.05) is 24.2 Å². The fraction of sp³-hybridized carbons (Fsp3) is 0.259. The molecule has 3 aromatic rings. The lowest BCUT2D eigenvalue weighted by Gasteiger charge is -2.31. The molecule has 0 heterocycles. The van der Waals surface area contributed by atoms with Crippen LogP contribution in [0.15, 0.2) is 88.7 Å². The molecule has 0 saturated heterocycles. The predicted octanol–water partition coefficient (Wildman–Crippen LogP) is 4.08. The van der Waals surface area contributed by atoms with Gasteiger partial charge in [-0.25, -0.2) is 8.42 Å². The molecule has 0 saturated carbocycles. The number of carbonyl (C=O) groups is 2. The Hall–Kier alpha value is -3.30. The maximum absolute atomic E-state index is 13.8. The van der Waals surface area contributed by atoms with Gasteiger partial charge < -0.3 is 10.2 Å². The van der Waals surface area contributed by atoms with Gasteiger partial charge in [0.2, 0.25) is 11.8 Å². The third kappa shape index (κ3) is 6.47. The number of nitrogens with one attached hydrogen (secondary N) is 1. The van der Waals surface area contributed by atoms with Crippen LogP contribution in [0.25, 0.3) is 0 Å². The quantitative estimate of drug-likeness (QED) is 0.403. The lowest BCUT2D eigenvalue weighted by molar-refractivity contribution is -0.139. The molecule has 1 N–H and O–H groups in total. The highest BCUT2D eigenvalue weighted by Crippen LogP contribution is 2.26. The number of sulfonamides is 1. The molecule has 0 aliphatic rings. The summed E-state index contributed by atoms with van der Waals surface area (Å²) in [6, 6.07) is 22.0. The molecule has 0 bridgehead atoms. The highest BCUT2D eigenvalue weighted by molar-refractivity contribution is 7.98. The van der Waals surface area contributed by atoms with Crippen molar-refractivity contribution < 1.29 is 18.0 Å². The van der Waals surface area contributed by atoms with Gasteiger partial charge in [0.1, 0.15) is 12.6 Å². The van der Waals surface area contributed by atoms with Crippen LogP contribution in [0.2, 0.25) is 0 Å². The van der Waals surface area contributed by atoms with E-state index in [-0.39, 0.29) is 17.3 Å². The van der Waals surface area contributed by atoms with Crippen molar-refractivity contribution in [2.45, 2.75) is 36.2 Å². The normalized spacial score (nSPS) is 12.0. The van der Waals surface area contributed by atoms with Crippen LogP contribution in [0.4, 0.5) is 5.69 Å². The van der Waals surface area contributed by atoms with E-state index in [0.717, 1.165) is 20.3 Å². The van der Waals surface area contributed by atoms with E-state index in [1.54, 1.807) is 55.5 Å². The van der Waals surface area contributed by atoms with Crippen LogP contribution < -0.4 is 9.62 Å². The number of amides is 2. The molecule has 2 amide bonds. The molecule has 9 heteroatoms. The smallest absolute Gasteiger partial charge is 0.264 e. The molecule has 0 spiro atoms. The summed E-state index contributed by atoms with van der Waals surface area (Å²) in [5.74, 6) is -0.823. The van der Waals surface area contributed by atoms with Gasteiger partial charge in [-0.1, -0.05) is 48.0 Å². The second-order valence-corrected chi connectivity index (χ2v) is 11.1. The van der Waals surface area contributed by atoms with Crippen molar-refractivity contribution in [1.82, 2.24) is 10.2 Å². The van der Waals surface area contributed by atoms with Gasteiger partial charge in [-0.3, -0.25) is 13.9 Å². The number of nitrogens with zero attached hydrogens (tertiary/aromatic N) is 2. The van der Waals surface area contributed by atoms with Crippen LogP contribution in [0.3, 0.4) is 0 Å². The van der Waals surface area contributed by atoms with Gasteiger partial charge in [0.05, 0.1) is 10.6 Å². The zero-order chi connectivity index (χ0) is 26.3. The standard InChI is InChI=1S/C27H31N3O4S2/c1-20-10-12-23(13-11-20)30(36(33,34)25-16-14-24(35-4)15-17-25)19-26(31)29(21(2)27(32)28-3)18-22-8-6-5-7-9-22/h5-17,21H,18-19H2,1-4H3,(H,28,32)/t21-/m0/s1. The first-order valence-electron chi connectivity index (χ1n) is 11.5. The number of hydrogen-bond donors (Lipinski definition) is 1. The average Bonchev–Trinajstić information content (AvgIpc) is 2.90. The molecule has 190 valence electrons. The Morgan fingerprint density at radius 2 is 1.56 bits per heavy atom. The van der Waals surface area contributed by atoms with Crippen molar-refractivity contribution in [3.63, 3.8) is 0 Å². The van der Waals surface area contributed by atoms with Crippen LogP contribution in [0.1, 0.15) is 18.1 Å². The monoisotopic (exact) mass is 525 g/mol. The Bertz CT molecular complexity index is 1280. The first-order valence-corrected chi connectivity index (χ1v) is 14.1. The topological polar surface area (TPSA) is 86.8 Å². The van der Waals surface area contributed by atoms with Crippen LogP contribution in [0.5, 0.6) is 0 Å². The van der Waals surface area contributed by atoms with Crippen molar-refractivity contribution in [3.05, 3.63) is 90.0 Å². The Morgan fingerprint density at radius 3 is 2.11 bits per heavy atom. The molecule has 0 unspecified atom stereocenters. The van der Waals surface area contributed by atoms with Crippen molar-refractivity contribution in [1.29, 1.82) is 0 Å². The van der Waals surface area contributed by atoms with Crippen molar-refractivity contribution in [3.8, 4) is 0 Å². The summed E-state index contributed by atoms with van der Waals surface area (Å²) in [7, 11) is -2.56. The molecule has 3 aromatic carbocycles. The summed E-state index contributed by atoms with van der Waals surface area (Å²) in [5, 5.41) is 2.58. The Kier molecular flexibility index (Phi) is 9.17. The third-order valence-corrected chi connectivity index (χ3v) is 8.39. The van der Waals surface area contributed by atoms with E-state index in [1.807, 2.05) is 43.5 Å². The maximum Gasteiger partial charge on any atom is 0.264 e. The van der Waals surface area contributed by atoms with Gasteiger partial charge in [-0.15, -0.1) is 11.8 Å². The summed E-state index contributed by atoms with van der Waals surface area (Å²) in [6.45, 7) is 3.25. The number of rotatable bonds is 10. The van der Waals surface area contributed by atoms with Gasteiger partial charge >= 0.3 is 0 Å². The van der Waals surface area contributed by atoms with Gasteiger partial charge in [0.25, 0.3) is 10.0 Å². The van der Waals surface area contributed by atoms with Gasteiger partial charge in [-0.05, 0) is 62.1 Å². The minimum absolute atomic E-state index is 0.0858. The molecular weight excluding hydrogens is 494 g/mol. The van der Waals surface area contributed by atoms with E-state index in [4.69, 9.17) is 0 Å². The van der Waals surface area contributed by atoms with E-state index < -0.39 is 28.5 Å². The molecule has 0 fully saturated rings. The van der Waals surface area contributed by atoms with E-state index in [9.17, 15) is 18.0 Å².